The van der Waals surface area contributed by atoms with Crippen molar-refractivity contribution in [1.82, 2.24) is 4.90 Å². The van der Waals surface area contributed by atoms with Crippen molar-refractivity contribution in [2.45, 2.75) is 25.8 Å². The predicted molar refractivity (Wildman–Crippen MR) is 62.3 cm³/mol. The lowest BCUT2D eigenvalue weighted by molar-refractivity contribution is 0.0752. The molecular weight excluding hydrogens is 218 g/mol. The van der Waals surface area contributed by atoms with Gasteiger partial charge in [0.05, 0.1) is 0 Å². The highest BCUT2D eigenvalue weighted by molar-refractivity contribution is 5.95. The Labute approximate surface area is 100 Å². The van der Waals surface area contributed by atoms with E-state index >= 15 is 0 Å². The zero-order valence-electron chi connectivity index (χ0n) is 9.81. The lowest BCUT2D eigenvalue weighted by Gasteiger charge is -2.20. The molecule has 1 fully saturated rings. The molecule has 2 aliphatic rings. The Balaban J connectivity index is 1.85. The fraction of sp³-hybridized carbons (Fsp3) is 0.462. The van der Waals surface area contributed by atoms with Crippen LogP contribution in [-0.4, -0.2) is 30.2 Å². The van der Waals surface area contributed by atoms with Gasteiger partial charge in [-0.3, -0.25) is 4.79 Å². The van der Waals surface area contributed by atoms with Crippen LogP contribution in [0.3, 0.4) is 0 Å². The van der Waals surface area contributed by atoms with E-state index in [-0.39, 0.29) is 12.7 Å². The first-order chi connectivity index (χ1) is 8.29. The maximum absolute atomic E-state index is 12.3. The van der Waals surface area contributed by atoms with E-state index in [4.69, 9.17) is 9.47 Å². The summed E-state index contributed by atoms with van der Waals surface area (Å²) in [6.07, 6.45) is 2.26. The predicted octanol–water partition coefficient (Wildman–Crippen LogP) is 2.04. The molecule has 0 radical (unpaired) electrons. The number of hydrogen-bond acceptors (Lipinski definition) is 3. The van der Waals surface area contributed by atoms with Crippen LogP contribution in [0.5, 0.6) is 11.5 Å². The molecule has 90 valence electrons. The fourth-order valence-corrected chi connectivity index (χ4v) is 2.15. The lowest BCUT2D eigenvalue weighted by Crippen LogP contribution is -2.32. The van der Waals surface area contributed by atoms with Crippen molar-refractivity contribution >= 4 is 5.91 Å². The summed E-state index contributed by atoms with van der Waals surface area (Å²) in [6, 6.07) is 5.82. The maximum atomic E-state index is 12.3. The molecule has 0 N–H and O–H groups in total. The van der Waals surface area contributed by atoms with Gasteiger partial charge in [-0.1, -0.05) is 0 Å². The van der Waals surface area contributed by atoms with Crippen molar-refractivity contribution in [3.8, 4) is 11.5 Å². The van der Waals surface area contributed by atoms with Crippen molar-refractivity contribution in [2.24, 2.45) is 0 Å². The van der Waals surface area contributed by atoms with E-state index in [9.17, 15) is 4.79 Å². The number of nitrogens with zero attached hydrogens (tertiary/aromatic N) is 1. The summed E-state index contributed by atoms with van der Waals surface area (Å²) in [5, 5.41) is 0. The maximum Gasteiger partial charge on any atom is 0.254 e. The molecule has 0 bridgehead atoms. The van der Waals surface area contributed by atoms with Gasteiger partial charge >= 0.3 is 0 Å². The number of ether oxygens (including phenoxy) is 2. The summed E-state index contributed by atoms with van der Waals surface area (Å²) in [6.45, 7) is 3.02. The summed E-state index contributed by atoms with van der Waals surface area (Å²) in [7, 11) is 0. The summed E-state index contributed by atoms with van der Waals surface area (Å²) in [4.78, 5) is 14.2. The molecule has 0 atom stereocenters. The molecule has 0 unspecified atom stereocenters. The standard InChI is InChI=1S/C13H15NO3/c1-2-14(10-4-5-10)13(15)9-3-6-11-12(7-9)17-8-16-11/h3,6-7,10H,2,4-5,8H2,1H3. The van der Waals surface area contributed by atoms with Crippen LogP contribution in [0.25, 0.3) is 0 Å². The van der Waals surface area contributed by atoms with Crippen molar-refractivity contribution in [3.05, 3.63) is 23.8 Å². The Hall–Kier alpha value is -1.71. The van der Waals surface area contributed by atoms with Gasteiger partial charge in [-0.05, 0) is 38.0 Å². The molecule has 1 aliphatic carbocycles. The molecule has 1 aromatic carbocycles. The van der Waals surface area contributed by atoms with E-state index in [2.05, 4.69) is 0 Å². The van der Waals surface area contributed by atoms with Gasteiger partial charge in [0.15, 0.2) is 11.5 Å². The average Bonchev–Trinajstić information content (AvgIpc) is 3.07. The Morgan fingerprint density at radius 1 is 1.35 bits per heavy atom. The molecule has 4 nitrogen and oxygen atoms in total. The van der Waals surface area contributed by atoms with Crippen molar-refractivity contribution in [1.29, 1.82) is 0 Å². The first kappa shape index (κ1) is 10.4. The van der Waals surface area contributed by atoms with Crippen LogP contribution in [0.15, 0.2) is 18.2 Å². The van der Waals surface area contributed by atoms with Crippen LogP contribution in [0.4, 0.5) is 0 Å². The second-order valence-corrected chi connectivity index (χ2v) is 4.39. The quantitative estimate of drug-likeness (QED) is 0.802. The van der Waals surface area contributed by atoms with Crippen molar-refractivity contribution in [3.63, 3.8) is 0 Å². The summed E-state index contributed by atoms with van der Waals surface area (Å²) >= 11 is 0. The molecule has 0 saturated heterocycles. The largest absolute Gasteiger partial charge is 0.454 e. The van der Waals surface area contributed by atoms with E-state index < -0.39 is 0 Å². The minimum Gasteiger partial charge on any atom is -0.454 e. The molecule has 1 saturated carbocycles. The molecular formula is C13H15NO3. The van der Waals surface area contributed by atoms with Gasteiger partial charge in [-0.2, -0.15) is 0 Å². The van der Waals surface area contributed by atoms with Gasteiger partial charge in [-0.25, -0.2) is 0 Å². The normalized spacial score (nSPS) is 17.0. The monoisotopic (exact) mass is 233 g/mol. The SMILES string of the molecule is CCN(C(=O)c1ccc2c(c1)OCO2)C1CC1. The van der Waals surface area contributed by atoms with Crippen LogP contribution in [0, 0.1) is 0 Å². The molecule has 1 amide bonds. The van der Waals surface area contributed by atoms with Crippen molar-refractivity contribution < 1.29 is 14.3 Å². The summed E-state index contributed by atoms with van der Waals surface area (Å²) in [5.41, 5.74) is 0.683. The summed E-state index contributed by atoms with van der Waals surface area (Å²) in [5.74, 6) is 1.48. The number of rotatable bonds is 3. The third-order valence-corrected chi connectivity index (χ3v) is 3.21. The molecule has 1 aliphatic heterocycles. The first-order valence-corrected chi connectivity index (χ1v) is 6.00. The summed E-state index contributed by atoms with van der Waals surface area (Å²) < 4.78 is 10.5. The highest BCUT2D eigenvalue weighted by Gasteiger charge is 2.32. The number of carbonyl (C=O) groups excluding carboxylic acids is 1. The molecule has 0 spiro atoms. The average molecular weight is 233 g/mol. The zero-order valence-corrected chi connectivity index (χ0v) is 9.81. The third kappa shape index (κ3) is 1.84. The van der Waals surface area contributed by atoms with Crippen LogP contribution in [-0.2, 0) is 0 Å². The zero-order chi connectivity index (χ0) is 11.8. The van der Waals surface area contributed by atoms with Crippen LogP contribution >= 0.6 is 0 Å². The van der Waals surface area contributed by atoms with Gasteiger partial charge < -0.3 is 14.4 Å². The molecule has 4 heteroatoms. The lowest BCUT2D eigenvalue weighted by atomic mass is 10.1. The van der Waals surface area contributed by atoms with Gasteiger partial charge in [-0.15, -0.1) is 0 Å². The molecule has 0 aromatic heterocycles. The molecule has 1 aromatic rings. The Morgan fingerprint density at radius 3 is 2.82 bits per heavy atom. The van der Waals surface area contributed by atoms with E-state index in [1.807, 2.05) is 11.8 Å². The smallest absolute Gasteiger partial charge is 0.254 e. The second-order valence-electron chi connectivity index (χ2n) is 4.39. The first-order valence-electron chi connectivity index (χ1n) is 6.00. The van der Waals surface area contributed by atoms with E-state index in [1.165, 1.54) is 0 Å². The van der Waals surface area contributed by atoms with Crippen LogP contribution < -0.4 is 9.47 Å². The third-order valence-electron chi connectivity index (χ3n) is 3.21. The Bertz CT molecular complexity index is 454. The highest BCUT2D eigenvalue weighted by atomic mass is 16.7. The van der Waals surface area contributed by atoms with Gasteiger partial charge in [0, 0.05) is 18.2 Å². The number of amides is 1. The fourth-order valence-electron chi connectivity index (χ4n) is 2.15. The number of hydrogen-bond donors (Lipinski definition) is 0. The molecule has 17 heavy (non-hydrogen) atoms. The van der Waals surface area contributed by atoms with Crippen LogP contribution in [0.1, 0.15) is 30.1 Å². The number of carbonyl (C=O) groups is 1. The van der Waals surface area contributed by atoms with E-state index in [0.29, 0.717) is 17.4 Å². The van der Waals surface area contributed by atoms with Gasteiger partial charge in [0.25, 0.3) is 5.91 Å². The number of fused-ring (bicyclic) bond motifs is 1. The molecule has 3 rings (SSSR count). The van der Waals surface area contributed by atoms with Gasteiger partial charge in [0.2, 0.25) is 6.79 Å². The number of benzene rings is 1. The highest BCUT2D eigenvalue weighted by Crippen LogP contribution is 2.34. The minimum atomic E-state index is 0.0910. The van der Waals surface area contributed by atoms with E-state index in [0.717, 1.165) is 25.1 Å². The minimum absolute atomic E-state index is 0.0910. The van der Waals surface area contributed by atoms with E-state index in [1.54, 1.807) is 18.2 Å². The van der Waals surface area contributed by atoms with Crippen LogP contribution in [0.2, 0.25) is 0 Å². The molecule has 1 heterocycles. The topological polar surface area (TPSA) is 38.8 Å². The van der Waals surface area contributed by atoms with Gasteiger partial charge in [0.1, 0.15) is 0 Å². The van der Waals surface area contributed by atoms with Crippen molar-refractivity contribution in [2.75, 3.05) is 13.3 Å². The Kier molecular flexibility index (Phi) is 2.42. The second kappa shape index (κ2) is 3.95. The Morgan fingerprint density at radius 2 is 2.12 bits per heavy atom.